The molecule has 8 heteroatoms. The number of rotatable bonds is 5. The summed E-state index contributed by atoms with van der Waals surface area (Å²) in [6, 6.07) is 0.217. The Kier molecular flexibility index (Phi) is 4.66. The topological polar surface area (TPSA) is 119 Å². The molecule has 2 rings (SSSR count). The van der Waals surface area contributed by atoms with E-state index < -0.39 is 18.5 Å². The van der Waals surface area contributed by atoms with Crippen LogP contribution in [0.1, 0.15) is 42.5 Å². The first-order valence-electron chi connectivity index (χ1n) is 6.96. The van der Waals surface area contributed by atoms with Crippen molar-refractivity contribution in [3.05, 3.63) is 5.56 Å². The number of nitrogens with zero attached hydrogens (tertiary/aromatic N) is 2. The first kappa shape index (κ1) is 15.1. The highest BCUT2D eigenvalue weighted by molar-refractivity contribution is 5.99. The predicted octanol–water partition coefficient (Wildman–Crippen LogP) is 1.08. The average molecular weight is 296 g/mol. The lowest BCUT2D eigenvalue weighted by Gasteiger charge is -2.22. The fourth-order valence-electron chi connectivity index (χ4n) is 2.57. The molecule has 1 heterocycles. The van der Waals surface area contributed by atoms with Gasteiger partial charge in [-0.1, -0.05) is 19.3 Å². The van der Waals surface area contributed by atoms with Crippen molar-refractivity contribution >= 4 is 23.6 Å². The summed E-state index contributed by atoms with van der Waals surface area (Å²) in [7, 11) is 1.25. The lowest BCUT2D eigenvalue weighted by Crippen LogP contribution is -2.23. The van der Waals surface area contributed by atoms with E-state index in [2.05, 4.69) is 10.4 Å². The molecule has 8 nitrogen and oxygen atoms in total. The smallest absolute Gasteiger partial charge is 0.345 e. The maximum atomic E-state index is 11.9. The first-order chi connectivity index (χ1) is 10.0. The second-order valence-electron chi connectivity index (χ2n) is 5.13. The number of carbonyl (C=O) groups is 2. The highest BCUT2D eigenvalue weighted by Crippen LogP contribution is 2.27. The van der Waals surface area contributed by atoms with Gasteiger partial charge in [0.05, 0.1) is 7.11 Å². The molecule has 0 atom stereocenters. The normalized spacial score (nSPS) is 15.7. The van der Waals surface area contributed by atoms with Gasteiger partial charge in [0, 0.05) is 6.04 Å². The van der Waals surface area contributed by atoms with Crippen LogP contribution < -0.4 is 11.1 Å². The molecule has 21 heavy (non-hydrogen) atoms. The zero-order valence-corrected chi connectivity index (χ0v) is 12.0. The minimum Gasteiger partial charge on any atom is -0.480 e. The van der Waals surface area contributed by atoms with Gasteiger partial charge in [-0.25, -0.2) is 9.48 Å². The Hall–Kier alpha value is -2.25. The molecule has 116 valence electrons. The van der Waals surface area contributed by atoms with Gasteiger partial charge < -0.3 is 20.9 Å². The minimum atomic E-state index is -1.08. The second kappa shape index (κ2) is 6.47. The van der Waals surface area contributed by atoms with Gasteiger partial charge in [-0.2, -0.15) is 5.10 Å². The number of nitrogens with two attached hydrogens (primary N) is 1. The molecule has 0 unspecified atom stereocenters. The summed E-state index contributed by atoms with van der Waals surface area (Å²) in [5.41, 5.74) is 5.93. The molecular weight excluding hydrogens is 276 g/mol. The molecule has 1 aliphatic carbocycles. The Morgan fingerprint density at radius 3 is 2.67 bits per heavy atom. The number of aromatic nitrogens is 2. The molecule has 0 aromatic carbocycles. The van der Waals surface area contributed by atoms with Gasteiger partial charge in [0.15, 0.2) is 5.82 Å². The molecule has 1 aromatic heterocycles. The van der Waals surface area contributed by atoms with Gasteiger partial charge in [-0.05, 0) is 12.8 Å². The number of ether oxygens (including phenoxy) is 1. The number of nitrogens with one attached hydrogen (secondary N) is 1. The van der Waals surface area contributed by atoms with E-state index >= 15 is 0 Å². The molecular formula is C13H20N4O4. The maximum absolute atomic E-state index is 11.9. The number of anilines is 2. The number of aliphatic carboxylic acids is 1. The summed E-state index contributed by atoms with van der Waals surface area (Å²) in [5.74, 6) is -1.40. The Morgan fingerprint density at radius 1 is 1.43 bits per heavy atom. The van der Waals surface area contributed by atoms with Crippen molar-refractivity contribution < 1.29 is 19.4 Å². The number of methoxy groups -OCH3 is 1. The monoisotopic (exact) mass is 296 g/mol. The third kappa shape index (κ3) is 3.45. The van der Waals surface area contributed by atoms with Crippen LogP contribution in [-0.2, 0) is 16.1 Å². The van der Waals surface area contributed by atoms with Crippen molar-refractivity contribution in [2.75, 3.05) is 18.2 Å². The van der Waals surface area contributed by atoms with Gasteiger partial charge >= 0.3 is 11.9 Å². The van der Waals surface area contributed by atoms with Crippen LogP contribution in [0.2, 0.25) is 0 Å². The third-order valence-corrected chi connectivity index (χ3v) is 3.61. The molecule has 0 amide bonds. The van der Waals surface area contributed by atoms with E-state index in [1.807, 2.05) is 0 Å². The maximum Gasteiger partial charge on any atom is 0.345 e. The molecule has 0 spiro atoms. The molecule has 0 radical (unpaired) electrons. The fraction of sp³-hybridized carbons (Fsp3) is 0.615. The van der Waals surface area contributed by atoms with Crippen LogP contribution in [0, 0.1) is 0 Å². The molecule has 1 aliphatic rings. The van der Waals surface area contributed by atoms with E-state index in [-0.39, 0.29) is 17.4 Å². The number of esters is 1. The molecule has 0 aliphatic heterocycles. The van der Waals surface area contributed by atoms with Crippen molar-refractivity contribution in [1.29, 1.82) is 0 Å². The number of hydrogen-bond donors (Lipinski definition) is 3. The van der Waals surface area contributed by atoms with Gasteiger partial charge in [-0.15, -0.1) is 0 Å². The zero-order chi connectivity index (χ0) is 15.4. The number of hydrogen-bond acceptors (Lipinski definition) is 6. The van der Waals surface area contributed by atoms with Crippen LogP contribution >= 0.6 is 0 Å². The molecule has 1 saturated carbocycles. The molecule has 0 saturated heterocycles. The van der Waals surface area contributed by atoms with Crippen LogP contribution in [0.25, 0.3) is 0 Å². The number of carboxylic acid groups (broad SMARTS) is 1. The van der Waals surface area contributed by atoms with E-state index in [1.165, 1.54) is 13.5 Å². The SMILES string of the molecule is COC(=O)c1c(NC2CCCCC2)nn(CC(=O)O)c1N. The lowest BCUT2D eigenvalue weighted by molar-refractivity contribution is -0.137. The number of nitrogen functional groups attached to an aromatic ring is 1. The predicted molar refractivity (Wildman–Crippen MR) is 76.1 cm³/mol. The van der Waals surface area contributed by atoms with Crippen molar-refractivity contribution in [2.24, 2.45) is 0 Å². The van der Waals surface area contributed by atoms with Crippen LogP contribution in [0.3, 0.4) is 0 Å². The quantitative estimate of drug-likeness (QED) is 0.695. The summed E-state index contributed by atoms with van der Waals surface area (Å²) in [5, 5.41) is 16.2. The third-order valence-electron chi connectivity index (χ3n) is 3.61. The minimum absolute atomic E-state index is 0.00237. The Labute approximate surface area is 122 Å². The van der Waals surface area contributed by atoms with Crippen molar-refractivity contribution in [2.45, 2.75) is 44.7 Å². The second-order valence-corrected chi connectivity index (χ2v) is 5.13. The molecule has 0 bridgehead atoms. The standard InChI is InChI=1S/C13H20N4O4/c1-21-13(20)10-11(14)17(7-9(18)19)16-12(10)15-8-5-3-2-4-6-8/h8H,2-7,14H2,1H3,(H,15,16)(H,18,19). The summed E-state index contributed by atoms with van der Waals surface area (Å²) in [6.45, 7) is -0.401. The summed E-state index contributed by atoms with van der Waals surface area (Å²) < 4.78 is 5.80. The number of carboxylic acids is 1. The van der Waals surface area contributed by atoms with E-state index in [9.17, 15) is 9.59 Å². The van der Waals surface area contributed by atoms with E-state index in [0.717, 1.165) is 30.4 Å². The first-order valence-corrected chi connectivity index (χ1v) is 6.96. The summed E-state index contributed by atoms with van der Waals surface area (Å²) in [4.78, 5) is 22.7. The van der Waals surface area contributed by atoms with Gasteiger partial charge in [-0.3, -0.25) is 4.79 Å². The van der Waals surface area contributed by atoms with E-state index in [0.29, 0.717) is 5.82 Å². The van der Waals surface area contributed by atoms with Crippen molar-refractivity contribution in [1.82, 2.24) is 9.78 Å². The molecule has 1 fully saturated rings. The van der Waals surface area contributed by atoms with Crippen LogP contribution in [-0.4, -0.2) is 40.0 Å². The summed E-state index contributed by atoms with van der Waals surface area (Å²) in [6.07, 6.45) is 5.43. The van der Waals surface area contributed by atoms with Crippen LogP contribution in [0.5, 0.6) is 0 Å². The number of carbonyl (C=O) groups excluding carboxylic acids is 1. The summed E-state index contributed by atoms with van der Waals surface area (Å²) >= 11 is 0. The molecule has 1 aromatic rings. The Balaban J connectivity index is 2.28. The van der Waals surface area contributed by atoms with E-state index in [4.69, 9.17) is 15.6 Å². The van der Waals surface area contributed by atoms with Gasteiger partial charge in [0.25, 0.3) is 0 Å². The highest BCUT2D eigenvalue weighted by Gasteiger charge is 2.26. The zero-order valence-electron chi connectivity index (χ0n) is 12.0. The Morgan fingerprint density at radius 2 is 2.10 bits per heavy atom. The van der Waals surface area contributed by atoms with Gasteiger partial charge in [0.1, 0.15) is 17.9 Å². The Bertz CT molecular complexity index is 535. The molecule has 4 N–H and O–H groups in total. The largest absolute Gasteiger partial charge is 0.480 e. The average Bonchev–Trinajstić information content (AvgIpc) is 2.75. The van der Waals surface area contributed by atoms with Crippen LogP contribution in [0.15, 0.2) is 0 Å². The van der Waals surface area contributed by atoms with Crippen molar-refractivity contribution in [3.8, 4) is 0 Å². The fourth-order valence-corrected chi connectivity index (χ4v) is 2.57. The van der Waals surface area contributed by atoms with Crippen LogP contribution in [0.4, 0.5) is 11.6 Å². The van der Waals surface area contributed by atoms with E-state index in [1.54, 1.807) is 0 Å². The highest BCUT2D eigenvalue weighted by atomic mass is 16.5. The van der Waals surface area contributed by atoms with Crippen molar-refractivity contribution in [3.63, 3.8) is 0 Å². The van der Waals surface area contributed by atoms with Gasteiger partial charge in [0.2, 0.25) is 0 Å². The lowest BCUT2D eigenvalue weighted by atomic mass is 9.95.